The van der Waals surface area contributed by atoms with Crippen LogP contribution in [-0.4, -0.2) is 6.21 Å². The molecule has 1 aliphatic heterocycles. The monoisotopic (exact) mass is 217 g/mol. The average molecular weight is 217 g/mol. The molecular weight excluding hydrogens is 194 g/mol. The minimum atomic E-state index is 1.01. The van der Waals surface area contributed by atoms with Crippen LogP contribution in [0.5, 0.6) is 0 Å². The van der Waals surface area contributed by atoms with Crippen molar-refractivity contribution in [2.45, 2.75) is 41.0 Å². The summed E-state index contributed by atoms with van der Waals surface area (Å²) in [5.41, 5.74) is 3.72. The molecule has 0 aromatic carbocycles. The van der Waals surface area contributed by atoms with Crippen LogP contribution in [0, 0.1) is 0 Å². The van der Waals surface area contributed by atoms with Gasteiger partial charge in [0.25, 0.3) is 0 Å². The van der Waals surface area contributed by atoms with Gasteiger partial charge in [-0.15, -0.1) is 0 Å². The van der Waals surface area contributed by atoms with Gasteiger partial charge in [0, 0.05) is 12.6 Å². The van der Waals surface area contributed by atoms with Crippen molar-refractivity contribution in [3.05, 3.63) is 47.2 Å². The van der Waals surface area contributed by atoms with Gasteiger partial charge in [-0.3, -0.25) is 4.99 Å². The first-order chi connectivity index (χ1) is 7.86. The van der Waals surface area contributed by atoms with E-state index in [-0.39, 0.29) is 0 Å². The summed E-state index contributed by atoms with van der Waals surface area (Å²) in [7, 11) is 0. The Morgan fingerprint density at radius 2 is 1.62 bits per heavy atom. The molecule has 0 radical (unpaired) electrons. The summed E-state index contributed by atoms with van der Waals surface area (Å²) < 4.78 is 0. The SMILES string of the molecule is CC.CC.CC1=C(C=C2C=CC=C2)N=CC1. The lowest BCUT2D eigenvalue weighted by atomic mass is 10.1. The number of allylic oxidation sites excluding steroid dienone is 7. The molecule has 0 spiro atoms. The minimum absolute atomic E-state index is 1.01. The Bertz CT molecular complexity index is 324. The molecule has 1 nitrogen and oxygen atoms in total. The van der Waals surface area contributed by atoms with Crippen LogP contribution in [0.4, 0.5) is 0 Å². The van der Waals surface area contributed by atoms with Gasteiger partial charge in [0.2, 0.25) is 0 Å². The van der Waals surface area contributed by atoms with E-state index >= 15 is 0 Å². The van der Waals surface area contributed by atoms with Crippen molar-refractivity contribution >= 4 is 6.21 Å². The molecule has 1 heterocycles. The van der Waals surface area contributed by atoms with Gasteiger partial charge in [-0.25, -0.2) is 0 Å². The molecule has 2 aliphatic rings. The standard InChI is InChI=1S/C11H11N.2C2H6/c1-9-6-7-12-11(9)8-10-4-2-3-5-10;2*1-2/h2-5,7-8H,6H2,1H3;2*1-2H3. The molecule has 0 amide bonds. The third kappa shape index (κ3) is 4.43. The second kappa shape index (κ2) is 8.90. The highest BCUT2D eigenvalue weighted by molar-refractivity contribution is 5.68. The van der Waals surface area contributed by atoms with Gasteiger partial charge in [-0.1, -0.05) is 52.0 Å². The quantitative estimate of drug-likeness (QED) is 0.596. The van der Waals surface area contributed by atoms with Crippen LogP contribution in [0.3, 0.4) is 0 Å². The van der Waals surface area contributed by atoms with Crippen molar-refractivity contribution in [3.8, 4) is 0 Å². The van der Waals surface area contributed by atoms with E-state index in [2.05, 4.69) is 30.1 Å². The Labute approximate surface area is 100.0 Å². The molecule has 2 rings (SSSR count). The van der Waals surface area contributed by atoms with E-state index in [1.165, 1.54) is 11.1 Å². The van der Waals surface area contributed by atoms with E-state index in [1.807, 2.05) is 46.1 Å². The summed E-state index contributed by atoms with van der Waals surface area (Å²) in [5, 5.41) is 0. The van der Waals surface area contributed by atoms with E-state index in [4.69, 9.17) is 0 Å². The Kier molecular flexibility index (Phi) is 8.14. The predicted molar refractivity (Wildman–Crippen MR) is 74.9 cm³/mol. The zero-order chi connectivity index (χ0) is 12.4. The average Bonchev–Trinajstić information content (AvgIpc) is 2.98. The van der Waals surface area contributed by atoms with Crippen molar-refractivity contribution in [1.82, 2.24) is 0 Å². The topological polar surface area (TPSA) is 12.4 Å². The van der Waals surface area contributed by atoms with Crippen LogP contribution >= 0.6 is 0 Å². The maximum atomic E-state index is 4.29. The van der Waals surface area contributed by atoms with Gasteiger partial charge < -0.3 is 0 Å². The molecule has 1 heteroatoms. The maximum Gasteiger partial charge on any atom is 0.0624 e. The number of rotatable bonds is 1. The smallest absolute Gasteiger partial charge is 0.0624 e. The molecule has 0 atom stereocenters. The van der Waals surface area contributed by atoms with Gasteiger partial charge in [0.1, 0.15) is 0 Å². The van der Waals surface area contributed by atoms with Crippen LogP contribution in [0.25, 0.3) is 0 Å². The fourth-order valence-electron chi connectivity index (χ4n) is 1.30. The molecular formula is C15H23N. The van der Waals surface area contributed by atoms with E-state index in [9.17, 15) is 0 Å². The van der Waals surface area contributed by atoms with Crippen LogP contribution in [0.2, 0.25) is 0 Å². The van der Waals surface area contributed by atoms with Crippen LogP contribution in [-0.2, 0) is 0 Å². The Balaban J connectivity index is 0.000000509. The van der Waals surface area contributed by atoms with Gasteiger partial charge in [-0.05, 0) is 24.1 Å². The first kappa shape index (κ1) is 14.6. The first-order valence-corrected chi connectivity index (χ1v) is 6.15. The molecule has 0 aromatic heterocycles. The second-order valence-corrected chi connectivity index (χ2v) is 3.04. The predicted octanol–water partition coefficient (Wildman–Crippen LogP) is 4.84. The van der Waals surface area contributed by atoms with Crippen LogP contribution < -0.4 is 0 Å². The largest absolute Gasteiger partial charge is 0.261 e. The molecule has 0 saturated heterocycles. The highest BCUT2D eigenvalue weighted by atomic mass is 14.7. The number of aliphatic imine (C=N–C) groups is 1. The zero-order valence-corrected chi connectivity index (χ0v) is 11.1. The molecule has 0 aromatic rings. The van der Waals surface area contributed by atoms with Gasteiger partial charge in [0.15, 0.2) is 0 Å². The molecule has 1 aliphatic carbocycles. The summed E-state index contributed by atoms with van der Waals surface area (Å²) in [6, 6.07) is 0. The maximum absolute atomic E-state index is 4.29. The normalized spacial score (nSPS) is 15.7. The lowest BCUT2D eigenvalue weighted by Gasteiger charge is -1.93. The summed E-state index contributed by atoms with van der Waals surface area (Å²) in [6.07, 6.45) is 13.4. The first-order valence-electron chi connectivity index (χ1n) is 6.15. The number of hydrogen-bond acceptors (Lipinski definition) is 1. The fraction of sp³-hybridized carbons (Fsp3) is 0.400. The van der Waals surface area contributed by atoms with E-state index in [0.717, 1.165) is 12.1 Å². The van der Waals surface area contributed by atoms with Crippen molar-refractivity contribution < 1.29 is 0 Å². The van der Waals surface area contributed by atoms with E-state index in [1.54, 1.807) is 0 Å². The fourth-order valence-corrected chi connectivity index (χ4v) is 1.30. The summed E-state index contributed by atoms with van der Waals surface area (Å²) in [6.45, 7) is 10.1. The molecule has 0 unspecified atom stereocenters. The summed E-state index contributed by atoms with van der Waals surface area (Å²) in [4.78, 5) is 4.29. The molecule has 0 saturated carbocycles. The van der Waals surface area contributed by atoms with Gasteiger partial charge in [0.05, 0.1) is 5.70 Å². The molecule has 0 N–H and O–H groups in total. The molecule has 16 heavy (non-hydrogen) atoms. The van der Waals surface area contributed by atoms with Crippen LogP contribution in [0.1, 0.15) is 41.0 Å². The lowest BCUT2D eigenvalue weighted by molar-refractivity contribution is 1.27. The highest BCUT2D eigenvalue weighted by Crippen LogP contribution is 2.19. The third-order valence-electron chi connectivity index (χ3n) is 2.06. The van der Waals surface area contributed by atoms with Crippen molar-refractivity contribution in [1.29, 1.82) is 0 Å². The second-order valence-electron chi connectivity index (χ2n) is 3.04. The summed E-state index contributed by atoms with van der Waals surface area (Å²) in [5.74, 6) is 0. The van der Waals surface area contributed by atoms with E-state index < -0.39 is 0 Å². The molecule has 0 fully saturated rings. The van der Waals surface area contributed by atoms with Crippen LogP contribution in [0.15, 0.2) is 52.2 Å². The van der Waals surface area contributed by atoms with Gasteiger partial charge in [-0.2, -0.15) is 0 Å². The minimum Gasteiger partial charge on any atom is -0.261 e. The van der Waals surface area contributed by atoms with Crippen molar-refractivity contribution in [3.63, 3.8) is 0 Å². The summed E-state index contributed by atoms with van der Waals surface area (Å²) >= 11 is 0. The Morgan fingerprint density at radius 3 is 2.06 bits per heavy atom. The molecule has 0 bridgehead atoms. The third-order valence-corrected chi connectivity index (χ3v) is 2.06. The highest BCUT2D eigenvalue weighted by Gasteiger charge is 2.03. The number of hydrogen-bond donors (Lipinski definition) is 0. The Hall–Kier alpha value is -1.37. The van der Waals surface area contributed by atoms with E-state index in [0.29, 0.717) is 0 Å². The van der Waals surface area contributed by atoms with Crippen molar-refractivity contribution in [2.24, 2.45) is 4.99 Å². The van der Waals surface area contributed by atoms with Crippen molar-refractivity contribution in [2.75, 3.05) is 0 Å². The molecule has 88 valence electrons. The van der Waals surface area contributed by atoms with Gasteiger partial charge >= 0.3 is 0 Å². The number of nitrogens with zero attached hydrogens (tertiary/aromatic N) is 1. The lowest BCUT2D eigenvalue weighted by Crippen LogP contribution is -1.75. The Morgan fingerprint density at radius 1 is 1.06 bits per heavy atom. The zero-order valence-electron chi connectivity index (χ0n) is 11.1.